The molecule has 0 aliphatic carbocycles. The Bertz CT molecular complexity index is 757. The lowest BCUT2D eigenvalue weighted by Crippen LogP contribution is -2.35. The molecule has 2 rings (SSSR count). The number of hydrogen-bond donors (Lipinski definition) is 1. The summed E-state index contributed by atoms with van der Waals surface area (Å²) < 4.78 is 45.4. The number of ether oxygens (including phenoxy) is 1. The Balaban J connectivity index is 0.00000288. The molecule has 132 valence electrons. The largest absolute Gasteiger partial charge is 0.494 e. The van der Waals surface area contributed by atoms with Gasteiger partial charge in [0, 0.05) is 19.6 Å². The van der Waals surface area contributed by atoms with E-state index in [9.17, 15) is 12.8 Å². The Morgan fingerprint density at radius 1 is 1.17 bits per heavy atom. The lowest BCUT2D eigenvalue weighted by molar-refractivity contribution is 0.384. The smallest absolute Gasteiger partial charge is 0.243 e. The van der Waals surface area contributed by atoms with Gasteiger partial charge in [-0.1, -0.05) is 30.3 Å². The van der Waals surface area contributed by atoms with E-state index >= 15 is 0 Å². The van der Waals surface area contributed by atoms with E-state index in [4.69, 9.17) is 10.5 Å². The number of nitrogens with zero attached hydrogens (tertiary/aromatic N) is 1. The third-order valence-electron chi connectivity index (χ3n) is 3.34. The minimum atomic E-state index is -3.85. The van der Waals surface area contributed by atoms with Crippen molar-refractivity contribution in [3.8, 4) is 5.75 Å². The highest BCUT2D eigenvalue weighted by Crippen LogP contribution is 2.24. The molecule has 0 unspecified atom stereocenters. The molecule has 5 nitrogen and oxygen atoms in total. The van der Waals surface area contributed by atoms with E-state index in [1.54, 1.807) is 0 Å². The second-order valence-corrected chi connectivity index (χ2v) is 6.85. The zero-order valence-electron chi connectivity index (χ0n) is 13.2. The minimum Gasteiger partial charge on any atom is -0.494 e. The highest BCUT2D eigenvalue weighted by atomic mass is 35.5. The van der Waals surface area contributed by atoms with Crippen LogP contribution in [0.25, 0.3) is 0 Å². The average Bonchev–Trinajstić information content (AvgIpc) is 2.55. The Kier molecular flexibility index (Phi) is 7.62. The molecule has 0 saturated carbocycles. The van der Waals surface area contributed by atoms with Crippen LogP contribution in [0.1, 0.15) is 5.56 Å². The van der Waals surface area contributed by atoms with E-state index < -0.39 is 15.8 Å². The molecule has 24 heavy (non-hydrogen) atoms. The van der Waals surface area contributed by atoms with Gasteiger partial charge in [-0.25, -0.2) is 12.8 Å². The van der Waals surface area contributed by atoms with Crippen LogP contribution in [0.5, 0.6) is 5.75 Å². The second-order valence-electron chi connectivity index (χ2n) is 4.91. The van der Waals surface area contributed by atoms with E-state index in [1.807, 2.05) is 30.3 Å². The molecule has 0 spiro atoms. The molecule has 0 aliphatic heterocycles. The maximum atomic E-state index is 13.8. The molecular formula is C16H20ClFN2O3S. The van der Waals surface area contributed by atoms with Gasteiger partial charge in [0.15, 0.2) is 11.6 Å². The van der Waals surface area contributed by atoms with Gasteiger partial charge in [-0.3, -0.25) is 0 Å². The summed E-state index contributed by atoms with van der Waals surface area (Å²) in [6.45, 7) is 0.490. The Morgan fingerprint density at radius 3 is 2.38 bits per heavy atom. The molecule has 0 aliphatic rings. The van der Waals surface area contributed by atoms with E-state index in [1.165, 1.54) is 23.5 Å². The van der Waals surface area contributed by atoms with Gasteiger partial charge >= 0.3 is 0 Å². The van der Waals surface area contributed by atoms with Crippen LogP contribution in [-0.2, 0) is 16.6 Å². The predicted octanol–water partition coefficient (Wildman–Crippen LogP) is 2.41. The maximum Gasteiger partial charge on any atom is 0.243 e. The summed E-state index contributed by atoms with van der Waals surface area (Å²) in [7, 11) is -2.53. The Morgan fingerprint density at radius 2 is 1.83 bits per heavy atom. The van der Waals surface area contributed by atoms with Crippen molar-refractivity contribution in [3.05, 3.63) is 59.9 Å². The molecule has 0 bridgehead atoms. The second kappa shape index (κ2) is 8.98. The molecule has 0 amide bonds. The van der Waals surface area contributed by atoms with Crippen molar-refractivity contribution in [3.63, 3.8) is 0 Å². The predicted molar refractivity (Wildman–Crippen MR) is 93.3 cm³/mol. The highest BCUT2D eigenvalue weighted by Gasteiger charge is 2.25. The fourth-order valence-electron chi connectivity index (χ4n) is 2.17. The van der Waals surface area contributed by atoms with E-state index in [2.05, 4.69) is 0 Å². The quantitative estimate of drug-likeness (QED) is 0.807. The topological polar surface area (TPSA) is 72.6 Å². The monoisotopic (exact) mass is 374 g/mol. The summed E-state index contributed by atoms with van der Waals surface area (Å²) >= 11 is 0. The first kappa shape index (κ1) is 20.4. The number of hydrogen-bond acceptors (Lipinski definition) is 4. The fraction of sp³-hybridized carbons (Fsp3) is 0.250. The number of benzene rings is 2. The molecule has 0 saturated heterocycles. The van der Waals surface area contributed by atoms with Crippen LogP contribution in [0.2, 0.25) is 0 Å². The first-order valence-electron chi connectivity index (χ1n) is 7.06. The number of halogens is 2. The number of rotatable bonds is 7. The minimum absolute atomic E-state index is 0. The summed E-state index contributed by atoms with van der Waals surface area (Å²) in [5.41, 5.74) is 6.37. The number of sulfonamides is 1. The van der Waals surface area contributed by atoms with Crippen molar-refractivity contribution in [1.29, 1.82) is 0 Å². The molecule has 0 aromatic heterocycles. The van der Waals surface area contributed by atoms with Gasteiger partial charge in [0.2, 0.25) is 10.0 Å². The zero-order valence-corrected chi connectivity index (χ0v) is 14.8. The van der Waals surface area contributed by atoms with Crippen LogP contribution in [-0.4, -0.2) is 32.9 Å². The lowest BCUT2D eigenvalue weighted by Gasteiger charge is -2.22. The van der Waals surface area contributed by atoms with Crippen LogP contribution in [0.4, 0.5) is 4.39 Å². The van der Waals surface area contributed by atoms with Crippen LogP contribution in [0.3, 0.4) is 0 Å². The van der Waals surface area contributed by atoms with Crippen molar-refractivity contribution >= 4 is 22.4 Å². The summed E-state index contributed by atoms with van der Waals surface area (Å²) in [5.74, 6) is -0.724. The highest BCUT2D eigenvalue weighted by molar-refractivity contribution is 7.89. The molecule has 2 aromatic carbocycles. The molecule has 8 heteroatoms. The van der Waals surface area contributed by atoms with E-state index in [0.29, 0.717) is 0 Å². The number of nitrogens with two attached hydrogens (primary N) is 1. The van der Waals surface area contributed by atoms with Gasteiger partial charge < -0.3 is 10.5 Å². The summed E-state index contributed by atoms with van der Waals surface area (Å²) in [6.07, 6.45) is 0. The summed E-state index contributed by atoms with van der Waals surface area (Å²) in [5, 5.41) is 0. The number of methoxy groups -OCH3 is 1. The molecular weight excluding hydrogens is 355 g/mol. The van der Waals surface area contributed by atoms with Crippen LogP contribution >= 0.6 is 12.4 Å². The first-order valence-corrected chi connectivity index (χ1v) is 8.50. The van der Waals surface area contributed by atoms with Crippen molar-refractivity contribution in [2.75, 3.05) is 20.2 Å². The Labute approximate surface area is 147 Å². The van der Waals surface area contributed by atoms with Crippen LogP contribution in [0, 0.1) is 5.82 Å². The van der Waals surface area contributed by atoms with Crippen molar-refractivity contribution in [2.24, 2.45) is 5.73 Å². The maximum absolute atomic E-state index is 13.8. The third-order valence-corrected chi connectivity index (χ3v) is 5.18. The van der Waals surface area contributed by atoms with Crippen molar-refractivity contribution in [2.45, 2.75) is 11.4 Å². The van der Waals surface area contributed by atoms with Crippen LogP contribution < -0.4 is 10.5 Å². The van der Waals surface area contributed by atoms with Gasteiger partial charge in [0.05, 0.1) is 12.0 Å². The van der Waals surface area contributed by atoms with Crippen molar-refractivity contribution in [1.82, 2.24) is 4.31 Å². The normalized spacial score (nSPS) is 11.2. The van der Waals surface area contributed by atoms with Gasteiger partial charge in [-0.05, 0) is 23.8 Å². The average molecular weight is 375 g/mol. The van der Waals surface area contributed by atoms with Crippen molar-refractivity contribution < 1.29 is 17.5 Å². The molecule has 2 aromatic rings. The fourth-order valence-corrected chi connectivity index (χ4v) is 3.63. The summed E-state index contributed by atoms with van der Waals surface area (Å²) in [6, 6.07) is 12.7. The van der Waals surface area contributed by atoms with Crippen LogP contribution in [0.15, 0.2) is 53.4 Å². The van der Waals surface area contributed by atoms with E-state index in [-0.39, 0.29) is 42.7 Å². The summed E-state index contributed by atoms with van der Waals surface area (Å²) in [4.78, 5) is -0.125. The lowest BCUT2D eigenvalue weighted by atomic mass is 10.2. The van der Waals surface area contributed by atoms with E-state index in [0.717, 1.165) is 11.6 Å². The molecule has 0 fully saturated rings. The molecule has 2 N–H and O–H groups in total. The molecule has 0 heterocycles. The third kappa shape index (κ3) is 4.67. The van der Waals surface area contributed by atoms with Gasteiger partial charge in [0.25, 0.3) is 0 Å². The standard InChI is InChI=1S/C16H19FN2O3S.ClH/c1-22-16-8-7-14(11-15(16)17)23(20,21)19(10-9-18)12-13-5-3-2-4-6-13;/h2-8,11H,9-10,12,18H2,1H3;1H. The molecule has 0 atom stereocenters. The SMILES string of the molecule is COc1ccc(S(=O)(=O)N(CCN)Cc2ccccc2)cc1F.Cl. The molecule has 0 radical (unpaired) electrons. The van der Waals surface area contributed by atoms with Gasteiger partial charge in [-0.15, -0.1) is 12.4 Å². The zero-order chi connectivity index (χ0) is 16.9. The van der Waals surface area contributed by atoms with Gasteiger partial charge in [0.1, 0.15) is 0 Å². The Hall–Kier alpha value is -1.67. The first-order chi connectivity index (χ1) is 11.0. The van der Waals surface area contributed by atoms with Gasteiger partial charge in [-0.2, -0.15) is 4.31 Å².